The Morgan fingerprint density at radius 3 is 1.95 bits per heavy atom. The lowest BCUT2D eigenvalue weighted by atomic mass is 9.88. The van der Waals surface area contributed by atoms with Gasteiger partial charge in [0.2, 0.25) is 0 Å². The molecule has 5 heteroatoms. The summed E-state index contributed by atoms with van der Waals surface area (Å²) in [6.45, 7) is 4.70. The fourth-order valence-electron chi connectivity index (χ4n) is 5.50. The summed E-state index contributed by atoms with van der Waals surface area (Å²) in [6, 6.07) is 25.1. The zero-order valence-corrected chi connectivity index (χ0v) is 22.0. The van der Waals surface area contributed by atoms with Gasteiger partial charge in [0, 0.05) is 35.8 Å². The van der Waals surface area contributed by atoms with E-state index in [1.165, 1.54) is 22.1 Å². The molecule has 3 aromatic carbocycles. The second kappa shape index (κ2) is 11.2. The lowest BCUT2D eigenvalue weighted by Crippen LogP contribution is -2.35. The molecule has 1 saturated heterocycles. The number of hydrogen-bond acceptors (Lipinski definition) is 4. The second-order valence-electron chi connectivity index (χ2n) is 9.60. The van der Waals surface area contributed by atoms with Crippen molar-refractivity contribution in [3.8, 4) is 11.5 Å². The van der Waals surface area contributed by atoms with Crippen LogP contribution in [0.1, 0.15) is 42.9 Å². The molecule has 5 nitrogen and oxygen atoms in total. The summed E-state index contributed by atoms with van der Waals surface area (Å²) < 4.78 is 13.1. The van der Waals surface area contributed by atoms with E-state index < -0.39 is 6.23 Å². The van der Waals surface area contributed by atoms with Gasteiger partial charge >= 0.3 is 0 Å². The largest absolute Gasteiger partial charge is 0.497 e. The number of aliphatic hydroxyl groups excluding tert-OH is 1. The maximum atomic E-state index is 11.0. The van der Waals surface area contributed by atoms with E-state index >= 15 is 0 Å². The summed E-state index contributed by atoms with van der Waals surface area (Å²) in [5.74, 6) is 1.67. The summed E-state index contributed by atoms with van der Waals surface area (Å²) in [4.78, 5) is 2.19. The van der Waals surface area contributed by atoms with Crippen LogP contribution in [0.5, 0.6) is 11.5 Å². The normalized spacial score (nSPS) is 14.6. The fraction of sp³-hybridized carbons (Fsp3) is 0.312. The lowest BCUT2D eigenvalue weighted by Gasteiger charge is -2.23. The van der Waals surface area contributed by atoms with Crippen LogP contribution in [0.15, 0.2) is 79.0 Å². The first-order valence-corrected chi connectivity index (χ1v) is 13.1. The van der Waals surface area contributed by atoms with Gasteiger partial charge in [-0.1, -0.05) is 49.4 Å². The van der Waals surface area contributed by atoms with Crippen molar-refractivity contribution >= 4 is 22.0 Å². The number of nitrogens with zero attached hydrogens (tertiary/aromatic N) is 2. The Kier molecular flexibility index (Phi) is 7.63. The maximum absolute atomic E-state index is 11.0. The number of rotatable bonds is 9. The standard InChI is InChI=1S/C32H36N2O3/c1-4-27(32(23-11-15-25(36-2)16-12-23)24-13-17-26(37-3)18-14-24)29-21-34(30-10-6-5-9-28(29)30)22-31(35)33-19-7-8-20-33/h5-6,9-18,21,31,35H,4,7-8,19-20,22H2,1-3H3/t31-/m1/s1. The minimum atomic E-state index is -0.483. The molecular formula is C32H36N2O3. The Hall–Kier alpha value is -3.54. The summed E-state index contributed by atoms with van der Waals surface area (Å²) in [7, 11) is 3.39. The van der Waals surface area contributed by atoms with E-state index in [2.05, 4.69) is 71.1 Å². The topological polar surface area (TPSA) is 46.9 Å². The molecule has 0 radical (unpaired) electrons. The highest BCUT2D eigenvalue weighted by atomic mass is 16.5. The molecule has 1 aromatic heterocycles. The lowest BCUT2D eigenvalue weighted by molar-refractivity contribution is 0.00814. The molecule has 37 heavy (non-hydrogen) atoms. The SMILES string of the molecule is CCC(=C(c1ccc(OC)cc1)c1ccc(OC)cc1)c1cn(C[C@@H](O)N2CCCC2)c2ccccc12. The van der Waals surface area contributed by atoms with Crippen molar-refractivity contribution in [3.05, 3.63) is 95.7 Å². The minimum absolute atomic E-state index is 0.483. The molecule has 192 valence electrons. The van der Waals surface area contributed by atoms with Crippen LogP contribution in [-0.4, -0.2) is 48.1 Å². The van der Waals surface area contributed by atoms with Gasteiger partial charge in [0.05, 0.1) is 20.8 Å². The average Bonchev–Trinajstić information content (AvgIpc) is 3.61. The maximum Gasteiger partial charge on any atom is 0.125 e. The van der Waals surface area contributed by atoms with Crippen LogP contribution < -0.4 is 9.47 Å². The monoisotopic (exact) mass is 496 g/mol. The molecule has 0 saturated carbocycles. The molecule has 0 amide bonds. The average molecular weight is 497 g/mol. The minimum Gasteiger partial charge on any atom is -0.497 e. The highest BCUT2D eigenvalue weighted by molar-refractivity contribution is 6.05. The van der Waals surface area contributed by atoms with Gasteiger partial charge in [0.15, 0.2) is 0 Å². The van der Waals surface area contributed by atoms with Crippen LogP contribution >= 0.6 is 0 Å². The number of para-hydroxylation sites is 1. The number of methoxy groups -OCH3 is 2. The molecule has 0 unspecified atom stereocenters. The molecule has 1 atom stereocenters. The van der Waals surface area contributed by atoms with Crippen LogP contribution in [0.3, 0.4) is 0 Å². The Morgan fingerprint density at radius 2 is 1.41 bits per heavy atom. The second-order valence-corrected chi connectivity index (χ2v) is 9.60. The Bertz CT molecular complexity index is 1310. The molecular weight excluding hydrogens is 460 g/mol. The highest BCUT2D eigenvalue weighted by Gasteiger charge is 2.22. The summed E-state index contributed by atoms with van der Waals surface area (Å²) in [5, 5.41) is 12.2. The Balaban J connectivity index is 1.67. The van der Waals surface area contributed by atoms with Crippen molar-refractivity contribution in [2.75, 3.05) is 27.3 Å². The Labute approximate surface area is 219 Å². The molecule has 1 N–H and O–H groups in total. The highest BCUT2D eigenvalue weighted by Crippen LogP contribution is 2.39. The third kappa shape index (κ3) is 5.15. The molecule has 5 rings (SSSR count). The van der Waals surface area contributed by atoms with Gasteiger partial charge in [-0.25, -0.2) is 0 Å². The third-order valence-corrected chi connectivity index (χ3v) is 7.45. The van der Waals surface area contributed by atoms with E-state index in [4.69, 9.17) is 9.47 Å². The Morgan fingerprint density at radius 1 is 0.838 bits per heavy atom. The van der Waals surface area contributed by atoms with E-state index in [1.807, 2.05) is 24.3 Å². The van der Waals surface area contributed by atoms with Crippen LogP contribution in [0.4, 0.5) is 0 Å². The van der Waals surface area contributed by atoms with Gasteiger partial charge in [-0.2, -0.15) is 0 Å². The zero-order chi connectivity index (χ0) is 25.8. The van der Waals surface area contributed by atoms with Crippen molar-refractivity contribution in [3.63, 3.8) is 0 Å². The quantitative estimate of drug-likeness (QED) is 0.290. The van der Waals surface area contributed by atoms with Crippen molar-refractivity contribution in [1.82, 2.24) is 9.47 Å². The fourth-order valence-corrected chi connectivity index (χ4v) is 5.50. The molecule has 0 aliphatic carbocycles. The van der Waals surface area contributed by atoms with Crippen LogP contribution in [0.2, 0.25) is 0 Å². The number of allylic oxidation sites excluding steroid dienone is 1. The number of likely N-dealkylation sites (tertiary alicyclic amines) is 1. The van der Waals surface area contributed by atoms with Gasteiger partial charge in [-0.05, 0) is 71.9 Å². The molecule has 4 aromatic rings. The van der Waals surface area contributed by atoms with Gasteiger partial charge < -0.3 is 19.1 Å². The van der Waals surface area contributed by atoms with Gasteiger partial charge in [-0.3, -0.25) is 4.90 Å². The van der Waals surface area contributed by atoms with Crippen LogP contribution in [0.25, 0.3) is 22.0 Å². The van der Waals surface area contributed by atoms with Gasteiger partial charge in [-0.15, -0.1) is 0 Å². The van der Waals surface area contributed by atoms with Crippen molar-refractivity contribution < 1.29 is 14.6 Å². The number of aromatic nitrogens is 1. The molecule has 1 fully saturated rings. The number of fused-ring (bicyclic) bond motifs is 1. The summed E-state index contributed by atoms with van der Waals surface area (Å²) in [6.07, 6.45) is 4.92. The molecule has 0 bridgehead atoms. The van der Waals surface area contributed by atoms with Crippen molar-refractivity contribution in [2.45, 2.75) is 39.0 Å². The zero-order valence-electron chi connectivity index (χ0n) is 22.0. The number of benzene rings is 3. The van der Waals surface area contributed by atoms with E-state index in [0.717, 1.165) is 60.5 Å². The first-order valence-electron chi connectivity index (χ1n) is 13.1. The number of hydrogen-bond donors (Lipinski definition) is 1. The first-order chi connectivity index (χ1) is 18.1. The van der Waals surface area contributed by atoms with Crippen molar-refractivity contribution in [2.24, 2.45) is 0 Å². The molecule has 1 aliphatic rings. The predicted octanol–water partition coefficient (Wildman–Crippen LogP) is 6.44. The van der Waals surface area contributed by atoms with E-state index in [9.17, 15) is 5.11 Å². The van der Waals surface area contributed by atoms with Crippen LogP contribution in [-0.2, 0) is 6.54 Å². The summed E-state index contributed by atoms with van der Waals surface area (Å²) >= 11 is 0. The first kappa shape index (κ1) is 25.1. The molecule has 2 heterocycles. The van der Waals surface area contributed by atoms with E-state index in [1.54, 1.807) is 14.2 Å². The van der Waals surface area contributed by atoms with Gasteiger partial charge in [0.25, 0.3) is 0 Å². The summed E-state index contributed by atoms with van der Waals surface area (Å²) in [5.41, 5.74) is 7.07. The molecule has 0 spiro atoms. The van der Waals surface area contributed by atoms with Gasteiger partial charge in [0.1, 0.15) is 17.7 Å². The molecule has 1 aliphatic heterocycles. The predicted molar refractivity (Wildman–Crippen MR) is 151 cm³/mol. The smallest absolute Gasteiger partial charge is 0.125 e. The number of aliphatic hydroxyl groups is 1. The number of ether oxygens (including phenoxy) is 2. The third-order valence-electron chi connectivity index (χ3n) is 7.45. The van der Waals surface area contributed by atoms with Crippen LogP contribution in [0, 0.1) is 0 Å². The van der Waals surface area contributed by atoms with E-state index in [0.29, 0.717) is 6.54 Å². The van der Waals surface area contributed by atoms with Crippen molar-refractivity contribution in [1.29, 1.82) is 0 Å². The van der Waals surface area contributed by atoms with E-state index in [-0.39, 0.29) is 0 Å².